The van der Waals surface area contributed by atoms with Crippen LogP contribution in [-0.4, -0.2) is 35.1 Å². The van der Waals surface area contributed by atoms with Crippen LogP contribution < -0.4 is 9.64 Å². The van der Waals surface area contributed by atoms with Gasteiger partial charge in [0, 0.05) is 31.3 Å². The molecule has 218 valence electrons. The van der Waals surface area contributed by atoms with E-state index in [1.165, 1.54) is 4.90 Å². The minimum absolute atomic E-state index is 0.0758. The Morgan fingerprint density at radius 1 is 0.750 bits per heavy atom. The Balaban J connectivity index is 1.03. The van der Waals surface area contributed by atoms with Crippen LogP contribution >= 0.6 is 0 Å². The Bertz CT molecular complexity index is 1750. The maximum absolute atomic E-state index is 14.1. The number of aryl methyl sites for hydroxylation is 1. The van der Waals surface area contributed by atoms with Gasteiger partial charge in [-0.25, -0.2) is 4.90 Å². The molecule has 7 heteroatoms. The van der Waals surface area contributed by atoms with E-state index in [1.807, 2.05) is 61.5 Å². The van der Waals surface area contributed by atoms with E-state index in [9.17, 15) is 19.2 Å². The molecule has 0 radical (unpaired) electrons. The Labute approximate surface area is 255 Å². The second-order valence-corrected chi connectivity index (χ2v) is 12.3. The first-order valence-electron chi connectivity index (χ1n) is 15.1. The van der Waals surface area contributed by atoms with E-state index in [2.05, 4.69) is 24.3 Å². The van der Waals surface area contributed by atoms with Crippen LogP contribution in [0.3, 0.4) is 0 Å². The van der Waals surface area contributed by atoms with Gasteiger partial charge in [0.25, 0.3) is 0 Å². The summed E-state index contributed by atoms with van der Waals surface area (Å²) in [6.45, 7) is 2.57. The standard InChI is InChI=1S/C37H30N2O5/c1-21-17-24(44-37(43)23-18-30(40)38(20-23)19-22-9-3-2-4-10-22)15-16-29(21)39-35(41)33-31-25-11-5-6-12-26(25)32(34(33)36(39)42)28-14-8-7-13-27(28)31/h2-17,23,31-34H,18-20H2,1H3/t23-,31?,32?,33-,34+/m1/s1. The summed E-state index contributed by atoms with van der Waals surface area (Å²) in [6, 6.07) is 31.1. The number of anilines is 1. The maximum Gasteiger partial charge on any atom is 0.316 e. The lowest BCUT2D eigenvalue weighted by atomic mass is 9.55. The van der Waals surface area contributed by atoms with Crippen LogP contribution in [0.15, 0.2) is 97.1 Å². The van der Waals surface area contributed by atoms with Gasteiger partial charge in [-0.2, -0.15) is 0 Å². The maximum atomic E-state index is 14.1. The van der Waals surface area contributed by atoms with Crippen molar-refractivity contribution in [2.45, 2.75) is 31.7 Å². The quantitative estimate of drug-likeness (QED) is 0.180. The molecule has 9 rings (SSSR count). The normalized spacial score (nSPS) is 24.8. The Hall–Kier alpha value is -5.04. The summed E-state index contributed by atoms with van der Waals surface area (Å²) in [4.78, 5) is 56.9. The van der Waals surface area contributed by atoms with E-state index in [0.717, 1.165) is 27.8 Å². The molecule has 2 fully saturated rings. The van der Waals surface area contributed by atoms with Gasteiger partial charge in [0.05, 0.1) is 23.4 Å². The Morgan fingerprint density at radius 3 is 1.84 bits per heavy atom. The van der Waals surface area contributed by atoms with E-state index in [4.69, 9.17) is 4.74 Å². The van der Waals surface area contributed by atoms with Crippen LogP contribution in [0.1, 0.15) is 51.6 Å². The number of hydrogen-bond donors (Lipinski definition) is 0. The highest BCUT2D eigenvalue weighted by molar-refractivity contribution is 6.23. The van der Waals surface area contributed by atoms with Crippen LogP contribution in [0, 0.1) is 24.7 Å². The van der Waals surface area contributed by atoms with Crippen molar-refractivity contribution in [2.24, 2.45) is 17.8 Å². The smallest absolute Gasteiger partial charge is 0.316 e. The van der Waals surface area contributed by atoms with E-state index >= 15 is 0 Å². The van der Waals surface area contributed by atoms with Crippen molar-refractivity contribution in [1.29, 1.82) is 0 Å². The zero-order valence-electron chi connectivity index (χ0n) is 24.2. The number of benzene rings is 4. The molecule has 3 amide bonds. The SMILES string of the molecule is Cc1cc(OC(=O)[C@@H]2CC(=O)N(Cc3ccccc3)C2)ccc1N1C(=O)[C@@H]2C3c4ccccc4C(c4ccccc43)[C@@H]2C1=O. The third-order valence-corrected chi connectivity index (χ3v) is 9.84. The molecular formula is C37H30N2O5. The lowest BCUT2D eigenvalue weighted by Gasteiger charge is -2.45. The van der Waals surface area contributed by atoms with Crippen LogP contribution in [0.2, 0.25) is 0 Å². The molecule has 44 heavy (non-hydrogen) atoms. The monoisotopic (exact) mass is 582 g/mol. The van der Waals surface area contributed by atoms with Crippen molar-refractivity contribution >= 4 is 29.4 Å². The fourth-order valence-corrected chi connectivity index (χ4v) is 7.94. The van der Waals surface area contributed by atoms with E-state index in [1.54, 1.807) is 23.1 Å². The van der Waals surface area contributed by atoms with Gasteiger partial charge < -0.3 is 9.64 Å². The molecule has 0 N–H and O–H groups in total. The summed E-state index contributed by atoms with van der Waals surface area (Å²) in [7, 11) is 0. The van der Waals surface area contributed by atoms with Crippen molar-refractivity contribution in [1.82, 2.24) is 4.90 Å². The molecule has 2 heterocycles. The van der Waals surface area contributed by atoms with Gasteiger partial charge in [0.2, 0.25) is 17.7 Å². The van der Waals surface area contributed by atoms with Gasteiger partial charge in [-0.1, -0.05) is 78.9 Å². The van der Waals surface area contributed by atoms with Crippen molar-refractivity contribution < 1.29 is 23.9 Å². The molecule has 4 aromatic carbocycles. The lowest BCUT2D eigenvalue weighted by molar-refractivity contribution is -0.139. The highest BCUT2D eigenvalue weighted by Crippen LogP contribution is 2.61. The summed E-state index contributed by atoms with van der Waals surface area (Å²) in [5, 5.41) is 0. The average Bonchev–Trinajstić information content (AvgIpc) is 3.53. The molecule has 2 bridgehead atoms. The lowest BCUT2D eigenvalue weighted by Crippen LogP contribution is -2.41. The molecule has 4 aromatic rings. The third-order valence-electron chi connectivity index (χ3n) is 9.84. The first-order chi connectivity index (χ1) is 21.4. The summed E-state index contributed by atoms with van der Waals surface area (Å²) < 4.78 is 5.71. The molecule has 7 nitrogen and oxygen atoms in total. The highest BCUT2D eigenvalue weighted by atomic mass is 16.5. The fraction of sp³-hybridized carbons (Fsp3) is 0.243. The zero-order valence-corrected chi connectivity index (χ0v) is 24.2. The zero-order chi connectivity index (χ0) is 30.1. The van der Waals surface area contributed by atoms with Gasteiger partial charge in [0.1, 0.15) is 5.75 Å². The van der Waals surface area contributed by atoms with Crippen LogP contribution in [0.5, 0.6) is 5.75 Å². The molecule has 5 aliphatic rings. The van der Waals surface area contributed by atoms with Crippen molar-refractivity contribution in [2.75, 3.05) is 11.4 Å². The second kappa shape index (κ2) is 10.0. The summed E-state index contributed by atoms with van der Waals surface area (Å²) in [6.07, 6.45) is 0.107. The number of esters is 1. The number of nitrogens with zero attached hydrogens (tertiary/aromatic N) is 2. The predicted octanol–water partition coefficient (Wildman–Crippen LogP) is 5.35. The molecule has 3 aliphatic carbocycles. The van der Waals surface area contributed by atoms with Gasteiger partial charge in [-0.05, 0) is 58.5 Å². The van der Waals surface area contributed by atoms with Crippen molar-refractivity contribution in [3.63, 3.8) is 0 Å². The van der Waals surface area contributed by atoms with Crippen LogP contribution in [-0.2, 0) is 25.7 Å². The Morgan fingerprint density at radius 2 is 1.30 bits per heavy atom. The van der Waals surface area contributed by atoms with E-state index < -0.39 is 23.7 Å². The summed E-state index contributed by atoms with van der Waals surface area (Å²) >= 11 is 0. The number of rotatable bonds is 5. The van der Waals surface area contributed by atoms with Crippen LogP contribution in [0.4, 0.5) is 5.69 Å². The molecule has 0 aromatic heterocycles. The number of hydrogen-bond acceptors (Lipinski definition) is 5. The molecule has 0 spiro atoms. The van der Waals surface area contributed by atoms with Gasteiger partial charge >= 0.3 is 5.97 Å². The van der Waals surface area contributed by atoms with Gasteiger partial charge in [-0.3, -0.25) is 19.2 Å². The summed E-state index contributed by atoms with van der Waals surface area (Å²) in [5.74, 6) is -2.42. The van der Waals surface area contributed by atoms with Crippen molar-refractivity contribution in [3.05, 3.63) is 130 Å². The minimum atomic E-state index is -0.560. The topological polar surface area (TPSA) is 84.0 Å². The van der Waals surface area contributed by atoms with Gasteiger partial charge in [-0.15, -0.1) is 0 Å². The minimum Gasteiger partial charge on any atom is -0.426 e. The van der Waals surface area contributed by atoms with E-state index in [0.29, 0.717) is 30.1 Å². The number of amides is 3. The van der Waals surface area contributed by atoms with Gasteiger partial charge in [0.15, 0.2) is 0 Å². The van der Waals surface area contributed by atoms with Crippen molar-refractivity contribution in [3.8, 4) is 5.75 Å². The summed E-state index contributed by atoms with van der Waals surface area (Å²) in [5.41, 5.74) is 6.70. The van der Waals surface area contributed by atoms with Crippen LogP contribution in [0.25, 0.3) is 0 Å². The largest absolute Gasteiger partial charge is 0.426 e. The second-order valence-electron chi connectivity index (χ2n) is 12.3. The third kappa shape index (κ3) is 3.95. The average molecular weight is 583 g/mol. The molecular weight excluding hydrogens is 552 g/mol. The molecule has 3 atom stereocenters. The highest BCUT2D eigenvalue weighted by Gasteiger charge is 2.61. The number of ether oxygens (including phenoxy) is 1. The molecule has 0 saturated carbocycles. The first kappa shape index (κ1) is 26.6. The molecule has 2 aliphatic heterocycles. The van der Waals surface area contributed by atoms with E-state index in [-0.39, 0.29) is 36.0 Å². The Kier molecular flexibility index (Phi) is 6.05. The molecule has 0 unspecified atom stereocenters. The molecule has 2 saturated heterocycles. The predicted molar refractivity (Wildman–Crippen MR) is 163 cm³/mol. The fourth-order valence-electron chi connectivity index (χ4n) is 7.94. The number of imide groups is 1. The number of carbonyl (C=O) groups is 4. The number of likely N-dealkylation sites (tertiary alicyclic amines) is 1. The first-order valence-corrected chi connectivity index (χ1v) is 15.1. The number of carbonyl (C=O) groups excluding carboxylic acids is 4.